The number of fused-ring (bicyclic) bond motifs is 1. The lowest BCUT2D eigenvalue weighted by Crippen LogP contribution is -2.31. The van der Waals surface area contributed by atoms with E-state index in [9.17, 15) is 4.79 Å². The Bertz CT molecular complexity index is 856. The van der Waals surface area contributed by atoms with E-state index in [2.05, 4.69) is 0 Å². The van der Waals surface area contributed by atoms with E-state index in [0.717, 1.165) is 22.8 Å². The first-order valence-electron chi connectivity index (χ1n) is 8.76. The van der Waals surface area contributed by atoms with Crippen molar-refractivity contribution < 1.29 is 23.7 Å². The number of carbonyl (C=O) groups excluding carboxylic acids is 1. The third-order valence-electron chi connectivity index (χ3n) is 4.65. The summed E-state index contributed by atoms with van der Waals surface area (Å²) in [6.07, 6.45) is 0. The van der Waals surface area contributed by atoms with Crippen LogP contribution in [-0.2, 0) is 0 Å². The zero-order valence-electron chi connectivity index (χ0n) is 15.3. The minimum atomic E-state index is -0.150. The van der Waals surface area contributed by atoms with E-state index < -0.39 is 0 Å². The van der Waals surface area contributed by atoms with Gasteiger partial charge in [-0.25, -0.2) is 0 Å². The highest BCUT2D eigenvalue weighted by Crippen LogP contribution is 2.45. The summed E-state index contributed by atoms with van der Waals surface area (Å²) in [5.74, 6) is 3.40. The van der Waals surface area contributed by atoms with Crippen molar-refractivity contribution in [2.24, 2.45) is 0 Å². The number of amides is 1. The first kappa shape index (κ1) is 17.9. The van der Waals surface area contributed by atoms with Gasteiger partial charge in [-0.15, -0.1) is 11.8 Å². The van der Waals surface area contributed by atoms with Crippen LogP contribution in [0.3, 0.4) is 0 Å². The summed E-state index contributed by atoms with van der Waals surface area (Å²) in [7, 11) is 3.26. The van der Waals surface area contributed by atoms with Gasteiger partial charge in [0.05, 0.1) is 19.8 Å². The molecular weight excluding hydrogens is 366 g/mol. The molecule has 4 rings (SSSR count). The molecule has 2 heterocycles. The van der Waals surface area contributed by atoms with Crippen LogP contribution in [0.15, 0.2) is 36.4 Å². The molecule has 2 aliphatic rings. The Hall–Kier alpha value is -2.54. The zero-order chi connectivity index (χ0) is 18.8. The molecule has 0 radical (unpaired) electrons. The first-order chi connectivity index (χ1) is 13.2. The van der Waals surface area contributed by atoms with Gasteiger partial charge in [0.1, 0.15) is 30.1 Å². The van der Waals surface area contributed by atoms with E-state index in [0.29, 0.717) is 36.8 Å². The average molecular weight is 387 g/mol. The van der Waals surface area contributed by atoms with Crippen LogP contribution in [0.5, 0.6) is 23.0 Å². The third-order valence-corrected chi connectivity index (χ3v) is 5.89. The SMILES string of the molecule is COc1ccc(OC)c(C2SCCN2C(=O)c2cccc3c2OCCO3)c1. The molecule has 2 aromatic carbocycles. The zero-order valence-corrected chi connectivity index (χ0v) is 16.1. The second-order valence-electron chi connectivity index (χ2n) is 6.16. The molecule has 0 N–H and O–H groups in total. The number of para-hydroxylation sites is 1. The number of hydrogen-bond donors (Lipinski definition) is 0. The fourth-order valence-electron chi connectivity index (χ4n) is 3.36. The Balaban J connectivity index is 1.69. The molecule has 0 aliphatic carbocycles. The molecule has 142 valence electrons. The first-order valence-corrected chi connectivity index (χ1v) is 9.81. The Morgan fingerprint density at radius 1 is 1.15 bits per heavy atom. The molecule has 27 heavy (non-hydrogen) atoms. The molecule has 1 atom stereocenters. The van der Waals surface area contributed by atoms with E-state index in [-0.39, 0.29) is 11.3 Å². The van der Waals surface area contributed by atoms with Crippen molar-refractivity contribution >= 4 is 17.7 Å². The maximum Gasteiger partial charge on any atom is 0.258 e. The maximum atomic E-state index is 13.4. The Labute approximate surface area is 162 Å². The summed E-state index contributed by atoms with van der Waals surface area (Å²) in [4.78, 5) is 15.2. The highest BCUT2D eigenvalue weighted by Gasteiger charge is 2.35. The fraction of sp³-hybridized carbons (Fsp3) is 0.350. The number of nitrogens with zero attached hydrogens (tertiary/aromatic N) is 1. The van der Waals surface area contributed by atoms with Gasteiger partial charge in [0, 0.05) is 17.9 Å². The van der Waals surface area contributed by atoms with Crippen LogP contribution in [0.1, 0.15) is 21.3 Å². The molecule has 0 bridgehead atoms. The molecule has 0 saturated carbocycles. The van der Waals surface area contributed by atoms with Crippen molar-refractivity contribution in [2.45, 2.75) is 5.37 Å². The molecule has 1 fully saturated rings. The van der Waals surface area contributed by atoms with Crippen LogP contribution in [0.2, 0.25) is 0 Å². The minimum absolute atomic E-state index is 0.0720. The lowest BCUT2D eigenvalue weighted by atomic mass is 10.1. The number of hydrogen-bond acceptors (Lipinski definition) is 6. The van der Waals surface area contributed by atoms with Crippen molar-refractivity contribution in [1.82, 2.24) is 4.90 Å². The van der Waals surface area contributed by atoms with Crippen molar-refractivity contribution in [3.63, 3.8) is 0 Å². The predicted molar refractivity (Wildman–Crippen MR) is 103 cm³/mol. The molecule has 0 spiro atoms. The lowest BCUT2D eigenvalue weighted by molar-refractivity contribution is 0.0748. The van der Waals surface area contributed by atoms with Crippen molar-refractivity contribution in [1.29, 1.82) is 0 Å². The second kappa shape index (κ2) is 7.60. The van der Waals surface area contributed by atoms with E-state index in [4.69, 9.17) is 18.9 Å². The summed E-state index contributed by atoms with van der Waals surface area (Å²) in [6, 6.07) is 11.1. The molecule has 1 unspecified atom stereocenters. The smallest absolute Gasteiger partial charge is 0.258 e. The quantitative estimate of drug-likeness (QED) is 0.802. The molecular formula is C20H21NO5S. The van der Waals surface area contributed by atoms with Crippen LogP contribution in [0, 0.1) is 0 Å². The van der Waals surface area contributed by atoms with E-state index >= 15 is 0 Å². The number of benzene rings is 2. The van der Waals surface area contributed by atoms with Crippen LogP contribution in [0.25, 0.3) is 0 Å². The van der Waals surface area contributed by atoms with Crippen LogP contribution < -0.4 is 18.9 Å². The van der Waals surface area contributed by atoms with Gasteiger partial charge in [0.15, 0.2) is 11.5 Å². The second-order valence-corrected chi connectivity index (χ2v) is 7.35. The van der Waals surface area contributed by atoms with Gasteiger partial charge in [0.2, 0.25) is 0 Å². The summed E-state index contributed by atoms with van der Waals surface area (Å²) in [5.41, 5.74) is 1.45. The van der Waals surface area contributed by atoms with Gasteiger partial charge in [0.25, 0.3) is 5.91 Å². The molecule has 6 nitrogen and oxygen atoms in total. The van der Waals surface area contributed by atoms with Gasteiger partial charge >= 0.3 is 0 Å². The topological polar surface area (TPSA) is 57.2 Å². The normalized spacial score (nSPS) is 18.3. The Morgan fingerprint density at radius 3 is 2.81 bits per heavy atom. The Morgan fingerprint density at radius 2 is 2.00 bits per heavy atom. The van der Waals surface area contributed by atoms with Gasteiger partial charge < -0.3 is 23.8 Å². The predicted octanol–water partition coefficient (Wildman–Crippen LogP) is 3.36. The third kappa shape index (κ3) is 3.27. The number of carbonyl (C=O) groups is 1. The summed E-state index contributed by atoms with van der Waals surface area (Å²) in [6.45, 7) is 1.59. The number of rotatable bonds is 4. The number of methoxy groups -OCH3 is 2. The van der Waals surface area contributed by atoms with Crippen LogP contribution in [-0.4, -0.2) is 50.5 Å². The fourth-order valence-corrected chi connectivity index (χ4v) is 4.64. The lowest BCUT2D eigenvalue weighted by Gasteiger charge is -2.27. The van der Waals surface area contributed by atoms with Crippen molar-refractivity contribution in [3.8, 4) is 23.0 Å². The van der Waals surface area contributed by atoms with Crippen molar-refractivity contribution in [2.75, 3.05) is 39.7 Å². The summed E-state index contributed by atoms with van der Waals surface area (Å²) >= 11 is 1.71. The average Bonchev–Trinajstić information content (AvgIpc) is 3.22. The molecule has 2 aromatic rings. The summed E-state index contributed by atoms with van der Waals surface area (Å²) in [5, 5.41) is -0.150. The van der Waals surface area contributed by atoms with Gasteiger partial charge in [-0.2, -0.15) is 0 Å². The van der Waals surface area contributed by atoms with E-state index in [1.54, 1.807) is 32.0 Å². The largest absolute Gasteiger partial charge is 0.497 e. The Kier molecular flexibility index (Phi) is 5.03. The van der Waals surface area contributed by atoms with E-state index in [1.807, 2.05) is 35.2 Å². The highest BCUT2D eigenvalue weighted by molar-refractivity contribution is 7.99. The number of thioether (sulfide) groups is 1. The maximum absolute atomic E-state index is 13.4. The van der Waals surface area contributed by atoms with Gasteiger partial charge in [-0.1, -0.05) is 6.07 Å². The minimum Gasteiger partial charge on any atom is -0.497 e. The van der Waals surface area contributed by atoms with E-state index in [1.165, 1.54) is 0 Å². The summed E-state index contributed by atoms with van der Waals surface area (Å²) < 4.78 is 22.2. The highest BCUT2D eigenvalue weighted by atomic mass is 32.2. The standard InChI is InChI=1S/C20H21NO5S/c1-23-13-6-7-16(24-2)15(12-13)20-21(8-11-27-20)19(22)14-4-3-5-17-18(14)26-10-9-25-17/h3-7,12,20H,8-11H2,1-2H3. The number of ether oxygens (including phenoxy) is 4. The molecule has 0 aromatic heterocycles. The molecule has 2 aliphatic heterocycles. The molecule has 1 saturated heterocycles. The molecule has 1 amide bonds. The van der Waals surface area contributed by atoms with Crippen molar-refractivity contribution in [3.05, 3.63) is 47.5 Å². The van der Waals surface area contributed by atoms with Crippen LogP contribution >= 0.6 is 11.8 Å². The van der Waals surface area contributed by atoms with Gasteiger partial charge in [-0.05, 0) is 30.3 Å². The molecule has 7 heteroatoms. The van der Waals surface area contributed by atoms with Gasteiger partial charge in [-0.3, -0.25) is 4.79 Å². The monoisotopic (exact) mass is 387 g/mol. The van der Waals surface area contributed by atoms with Crippen LogP contribution in [0.4, 0.5) is 0 Å².